The molecule has 4 nitrogen and oxygen atoms in total. The van der Waals surface area contributed by atoms with Crippen molar-refractivity contribution in [1.29, 1.82) is 0 Å². The first kappa shape index (κ1) is 10.1. The van der Waals surface area contributed by atoms with E-state index in [9.17, 15) is 0 Å². The Balaban J connectivity index is 1.98. The Hall–Kier alpha value is -1.46. The molecule has 0 saturated carbocycles. The molecule has 0 saturated heterocycles. The Labute approximate surface area is 92.2 Å². The minimum absolute atomic E-state index is 0.441. The molecular formula is C10H12N4S. The molecular weight excluding hydrogens is 208 g/mol. The fraction of sp³-hybridized carbons (Fsp3) is 0.200. The zero-order chi connectivity index (χ0) is 10.5. The molecule has 78 valence electrons. The number of hydrogen-bond donors (Lipinski definition) is 2. The van der Waals surface area contributed by atoms with Gasteiger partial charge >= 0.3 is 0 Å². The highest BCUT2D eigenvalue weighted by Crippen LogP contribution is 2.10. The lowest BCUT2D eigenvalue weighted by molar-refractivity contribution is 0.953. The summed E-state index contributed by atoms with van der Waals surface area (Å²) in [5, 5.41) is 5.20. The van der Waals surface area contributed by atoms with Gasteiger partial charge in [-0.15, -0.1) is 11.3 Å². The van der Waals surface area contributed by atoms with Crippen LogP contribution in [0.25, 0.3) is 0 Å². The maximum atomic E-state index is 5.49. The molecule has 0 aliphatic rings. The van der Waals surface area contributed by atoms with Gasteiger partial charge < -0.3 is 11.1 Å². The molecule has 2 aromatic heterocycles. The zero-order valence-electron chi connectivity index (χ0n) is 8.18. The number of hydrogen-bond acceptors (Lipinski definition) is 5. The molecule has 2 rings (SSSR count). The molecule has 15 heavy (non-hydrogen) atoms. The van der Waals surface area contributed by atoms with E-state index in [0.29, 0.717) is 12.5 Å². The highest BCUT2D eigenvalue weighted by Gasteiger charge is 1.98. The Morgan fingerprint density at radius 2 is 2.33 bits per heavy atom. The molecule has 0 aliphatic heterocycles. The summed E-state index contributed by atoms with van der Waals surface area (Å²) in [7, 11) is 0. The summed E-state index contributed by atoms with van der Waals surface area (Å²) in [5.74, 6) is 0.631. The van der Waals surface area contributed by atoms with Crippen LogP contribution in [0.2, 0.25) is 0 Å². The van der Waals surface area contributed by atoms with Crippen LogP contribution in [0.5, 0.6) is 0 Å². The normalized spacial score (nSPS) is 10.2. The van der Waals surface area contributed by atoms with E-state index in [0.717, 1.165) is 12.2 Å². The van der Waals surface area contributed by atoms with Crippen LogP contribution in [0, 0.1) is 0 Å². The van der Waals surface area contributed by atoms with Crippen molar-refractivity contribution in [2.45, 2.75) is 13.1 Å². The topological polar surface area (TPSA) is 63.8 Å². The molecule has 0 fully saturated rings. The summed E-state index contributed by atoms with van der Waals surface area (Å²) >= 11 is 1.71. The smallest absolute Gasteiger partial charge is 0.223 e. The van der Waals surface area contributed by atoms with Gasteiger partial charge in [-0.3, -0.25) is 0 Å². The largest absolute Gasteiger partial charge is 0.349 e. The van der Waals surface area contributed by atoms with Crippen molar-refractivity contribution >= 4 is 17.3 Å². The summed E-state index contributed by atoms with van der Waals surface area (Å²) in [5.41, 5.74) is 6.34. The lowest BCUT2D eigenvalue weighted by Gasteiger charge is -2.03. The van der Waals surface area contributed by atoms with E-state index in [-0.39, 0.29) is 0 Å². The minimum atomic E-state index is 0.441. The first-order valence-electron chi connectivity index (χ1n) is 4.67. The van der Waals surface area contributed by atoms with Gasteiger partial charge in [0.05, 0.1) is 12.2 Å². The van der Waals surface area contributed by atoms with Crippen LogP contribution in [0.15, 0.2) is 29.8 Å². The standard InChI is InChI=1S/C10H12N4S/c11-6-8-3-4-12-10(14-8)13-7-9-2-1-5-15-9/h1-5H,6-7,11H2,(H,12,13,14). The fourth-order valence-corrected chi connectivity index (χ4v) is 1.82. The van der Waals surface area contributed by atoms with Crippen LogP contribution >= 0.6 is 11.3 Å². The van der Waals surface area contributed by atoms with Gasteiger partial charge in [0, 0.05) is 17.6 Å². The Kier molecular flexibility index (Phi) is 3.26. The van der Waals surface area contributed by atoms with Gasteiger partial charge in [0.1, 0.15) is 0 Å². The third-order valence-electron chi connectivity index (χ3n) is 1.92. The molecule has 2 heterocycles. The number of nitrogens with two attached hydrogens (primary N) is 1. The van der Waals surface area contributed by atoms with Crippen LogP contribution < -0.4 is 11.1 Å². The van der Waals surface area contributed by atoms with Gasteiger partial charge in [-0.25, -0.2) is 9.97 Å². The second kappa shape index (κ2) is 4.86. The number of rotatable bonds is 4. The number of anilines is 1. The molecule has 0 spiro atoms. The van der Waals surface area contributed by atoms with Crippen LogP contribution in [-0.2, 0) is 13.1 Å². The number of nitrogens with one attached hydrogen (secondary N) is 1. The molecule has 2 aromatic rings. The quantitative estimate of drug-likeness (QED) is 0.821. The van der Waals surface area contributed by atoms with E-state index in [4.69, 9.17) is 5.73 Å². The van der Waals surface area contributed by atoms with Crippen molar-refractivity contribution in [2.24, 2.45) is 5.73 Å². The van der Waals surface area contributed by atoms with Gasteiger partial charge in [0.2, 0.25) is 5.95 Å². The van der Waals surface area contributed by atoms with E-state index in [1.54, 1.807) is 17.5 Å². The maximum absolute atomic E-state index is 5.49. The lowest BCUT2D eigenvalue weighted by Crippen LogP contribution is -2.06. The third-order valence-corrected chi connectivity index (χ3v) is 2.80. The third kappa shape index (κ3) is 2.74. The number of aromatic nitrogens is 2. The number of nitrogens with zero attached hydrogens (tertiary/aromatic N) is 2. The van der Waals surface area contributed by atoms with Gasteiger partial charge in [-0.1, -0.05) is 6.07 Å². The molecule has 0 aliphatic carbocycles. The average Bonchev–Trinajstić information content (AvgIpc) is 2.79. The molecule has 5 heteroatoms. The minimum Gasteiger partial charge on any atom is -0.349 e. The van der Waals surface area contributed by atoms with Gasteiger partial charge in [0.15, 0.2) is 0 Å². The average molecular weight is 220 g/mol. The molecule has 0 bridgehead atoms. The molecule has 0 atom stereocenters. The van der Waals surface area contributed by atoms with Crippen molar-refractivity contribution in [3.05, 3.63) is 40.3 Å². The second-order valence-electron chi connectivity index (χ2n) is 3.01. The lowest BCUT2D eigenvalue weighted by atomic mass is 10.4. The summed E-state index contributed by atoms with van der Waals surface area (Å²) in [6.45, 7) is 1.20. The van der Waals surface area contributed by atoms with Crippen molar-refractivity contribution in [1.82, 2.24) is 9.97 Å². The number of thiophene rings is 1. The highest BCUT2D eigenvalue weighted by atomic mass is 32.1. The Morgan fingerprint density at radius 1 is 1.40 bits per heavy atom. The maximum Gasteiger partial charge on any atom is 0.223 e. The summed E-state index contributed by atoms with van der Waals surface area (Å²) in [6, 6.07) is 5.92. The van der Waals surface area contributed by atoms with Crippen molar-refractivity contribution in [3.63, 3.8) is 0 Å². The molecule has 0 amide bonds. The molecule has 0 unspecified atom stereocenters. The SMILES string of the molecule is NCc1ccnc(NCc2cccs2)n1. The summed E-state index contributed by atoms with van der Waals surface area (Å²) in [6.07, 6.45) is 1.71. The van der Waals surface area contributed by atoms with E-state index < -0.39 is 0 Å². The van der Waals surface area contributed by atoms with Gasteiger partial charge in [0.25, 0.3) is 0 Å². The Morgan fingerprint density at radius 3 is 3.07 bits per heavy atom. The van der Waals surface area contributed by atoms with Crippen molar-refractivity contribution in [2.75, 3.05) is 5.32 Å². The van der Waals surface area contributed by atoms with E-state index >= 15 is 0 Å². The van der Waals surface area contributed by atoms with Gasteiger partial charge in [-0.2, -0.15) is 0 Å². The van der Waals surface area contributed by atoms with Crippen LogP contribution in [0.4, 0.5) is 5.95 Å². The zero-order valence-corrected chi connectivity index (χ0v) is 9.00. The Bertz CT molecular complexity index is 413. The predicted molar refractivity (Wildman–Crippen MR) is 61.6 cm³/mol. The predicted octanol–water partition coefficient (Wildman–Crippen LogP) is 1.61. The summed E-state index contributed by atoms with van der Waals surface area (Å²) in [4.78, 5) is 9.62. The van der Waals surface area contributed by atoms with Gasteiger partial charge in [-0.05, 0) is 17.5 Å². The van der Waals surface area contributed by atoms with E-state index in [1.165, 1.54) is 4.88 Å². The van der Waals surface area contributed by atoms with Crippen LogP contribution in [-0.4, -0.2) is 9.97 Å². The van der Waals surface area contributed by atoms with Crippen LogP contribution in [0.3, 0.4) is 0 Å². The molecule has 0 aromatic carbocycles. The van der Waals surface area contributed by atoms with E-state index in [2.05, 4.69) is 21.4 Å². The van der Waals surface area contributed by atoms with Crippen molar-refractivity contribution in [3.8, 4) is 0 Å². The van der Waals surface area contributed by atoms with Crippen molar-refractivity contribution < 1.29 is 0 Å². The monoisotopic (exact) mass is 220 g/mol. The second-order valence-corrected chi connectivity index (χ2v) is 4.04. The summed E-state index contributed by atoms with van der Waals surface area (Å²) < 4.78 is 0. The van der Waals surface area contributed by atoms with Crippen LogP contribution in [0.1, 0.15) is 10.6 Å². The fourth-order valence-electron chi connectivity index (χ4n) is 1.17. The highest BCUT2D eigenvalue weighted by molar-refractivity contribution is 7.09. The first-order valence-corrected chi connectivity index (χ1v) is 5.54. The first-order chi connectivity index (χ1) is 7.38. The van der Waals surface area contributed by atoms with E-state index in [1.807, 2.05) is 17.5 Å². The molecule has 3 N–H and O–H groups in total. The molecule has 0 radical (unpaired) electrons.